The third-order valence-corrected chi connectivity index (χ3v) is 7.00. The highest BCUT2D eigenvalue weighted by Crippen LogP contribution is 2.58. The van der Waals surface area contributed by atoms with Crippen molar-refractivity contribution in [2.75, 3.05) is 13.2 Å². The summed E-state index contributed by atoms with van der Waals surface area (Å²) in [4.78, 5) is 0. The molecule has 0 aliphatic rings. The van der Waals surface area contributed by atoms with Gasteiger partial charge >= 0.3 is 13.8 Å². The standard InChI is InChI=1S/C17H16Cl3F4N2O3P/c1-4-28-30(27,29-5-2)13(19)7-9-6-10(12(21)8-11(9)18)15-14(20)16(17(22,23)24)26(3)25-15/h6-8H,4-5H2,1-3H3. The van der Waals surface area contributed by atoms with E-state index in [9.17, 15) is 22.1 Å². The predicted octanol–water partition coefficient (Wildman–Crippen LogP) is 7.36. The van der Waals surface area contributed by atoms with Gasteiger partial charge in [-0.05, 0) is 37.6 Å². The third-order valence-electron chi connectivity index (χ3n) is 3.73. The molecule has 0 bridgehead atoms. The molecular formula is C17H16Cl3F4N2O3P. The van der Waals surface area contributed by atoms with Gasteiger partial charge in [0.25, 0.3) is 0 Å². The summed E-state index contributed by atoms with van der Waals surface area (Å²) < 4.78 is 77.2. The van der Waals surface area contributed by atoms with Crippen LogP contribution in [0.1, 0.15) is 25.1 Å². The summed E-state index contributed by atoms with van der Waals surface area (Å²) in [5.41, 5.74) is -1.98. The number of hydrogen-bond donors (Lipinski definition) is 0. The SMILES string of the molecule is CCOP(=O)(OCC)C(Cl)=Cc1cc(-c2nn(C)c(C(F)(F)F)c2Cl)c(F)cc1Cl. The van der Waals surface area contributed by atoms with Gasteiger partial charge in [0.2, 0.25) is 0 Å². The number of alkyl halides is 3. The van der Waals surface area contributed by atoms with E-state index in [1.165, 1.54) is 0 Å². The van der Waals surface area contributed by atoms with Crippen LogP contribution >= 0.6 is 42.4 Å². The Hall–Kier alpha value is -1.09. The largest absolute Gasteiger partial charge is 0.434 e. The average molecular weight is 510 g/mol. The minimum Gasteiger partial charge on any atom is -0.305 e. The number of rotatable bonds is 7. The fourth-order valence-electron chi connectivity index (χ4n) is 2.54. The van der Waals surface area contributed by atoms with E-state index in [0.29, 0.717) is 4.68 Å². The van der Waals surface area contributed by atoms with Gasteiger partial charge in [0.1, 0.15) is 16.3 Å². The molecule has 0 saturated carbocycles. The fraction of sp³-hybridized carbons (Fsp3) is 0.353. The molecule has 1 aromatic heterocycles. The molecule has 166 valence electrons. The van der Waals surface area contributed by atoms with Gasteiger partial charge in [-0.3, -0.25) is 9.25 Å². The Labute approximate surface area is 185 Å². The van der Waals surface area contributed by atoms with Crippen molar-refractivity contribution in [2.45, 2.75) is 20.0 Å². The lowest BCUT2D eigenvalue weighted by Crippen LogP contribution is -2.12. The van der Waals surface area contributed by atoms with Crippen molar-refractivity contribution in [1.82, 2.24) is 9.78 Å². The number of nitrogens with zero attached hydrogens (tertiary/aromatic N) is 2. The number of hydrogen-bond acceptors (Lipinski definition) is 4. The lowest BCUT2D eigenvalue weighted by molar-refractivity contribution is -0.143. The summed E-state index contributed by atoms with van der Waals surface area (Å²) in [6.07, 6.45) is -3.67. The van der Waals surface area contributed by atoms with Crippen LogP contribution in [-0.2, 0) is 26.8 Å². The molecule has 0 radical (unpaired) electrons. The molecule has 2 aromatic rings. The maximum Gasteiger partial charge on any atom is 0.434 e. The van der Waals surface area contributed by atoms with E-state index in [1.807, 2.05) is 0 Å². The van der Waals surface area contributed by atoms with Crippen molar-refractivity contribution in [3.8, 4) is 11.3 Å². The first kappa shape index (κ1) is 25.2. The summed E-state index contributed by atoms with van der Waals surface area (Å²) in [6.45, 7) is 3.24. The number of aromatic nitrogens is 2. The van der Waals surface area contributed by atoms with Crippen molar-refractivity contribution in [1.29, 1.82) is 0 Å². The number of benzene rings is 1. The van der Waals surface area contributed by atoms with Crippen LogP contribution < -0.4 is 0 Å². The minimum absolute atomic E-state index is 0.0352. The van der Waals surface area contributed by atoms with Crippen LogP contribution in [-0.4, -0.2) is 23.0 Å². The highest BCUT2D eigenvalue weighted by atomic mass is 35.5. The molecule has 0 N–H and O–H groups in total. The van der Waals surface area contributed by atoms with Gasteiger partial charge in [0.05, 0.1) is 23.3 Å². The van der Waals surface area contributed by atoms with Gasteiger partial charge in [0.15, 0.2) is 5.69 Å². The molecular weight excluding hydrogens is 494 g/mol. The second-order valence-corrected chi connectivity index (χ2v) is 9.24. The van der Waals surface area contributed by atoms with Crippen molar-refractivity contribution >= 4 is 48.5 Å². The van der Waals surface area contributed by atoms with Crippen LogP contribution in [0.3, 0.4) is 0 Å². The Balaban J connectivity index is 2.64. The van der Waals surface area contributed by atoms with E-state index in [0.717, 1.165) is 25.3 Å². The van der Waals surface area contributed by atoms with Crippen LogP contribution in [0.5, 0.6) is 0 Å². The molecule has 13 heteroatoms. The molecule has 1 heterocycles. The Morgan fingerprint density at radius 1 is 1.23 bits per heavy atom. The summed E-state index contributed by atoms with van der Waals surface area (Å²) in [6, 6.07) is 1.95. The predicted molar refractivity (Wildman–Crippen MR) is 108 cm³/mol. The van der Waals surface area contributed by atoms with Gasteiger partial charge < -0.3 is 9.05 Å². The molecule has 30 heavy (non-hydrogen) atoms. The fourth-order valence-corrected chi connectivity index (χ4v) is 4.83. The van der Waals surface area contributed by atoms with Crippen molar-refractivity contribution in [2.24, 2.45) is 7.05 Å². The molecule has 0 aliphatic heterocycles. The molecule has 0 amide bonds. The average Bonchev–Trinajstić information content (AvgIpc) is 2.91. The maximum atomic E-state index is 14.5. The van der Waals surface area contributed by atoms with Gasteiger partial charge in [-0.1, -0.05) is 34.8 Å². The Kier molecular flexibility index (Phi) is 8.05. The van der Waals surface area contributed by atoms with Crippen molar-refractivity contribution < 1.29 is 31.2 Å². The van der Waals surface area contributed by atoms with Gasteiger partial charge in [0, 0.05) is 12.6 Å². The first-order chi connectivity index (χ1) is 13.9. The lowest BCUT2D eigenvalue weighted by atomic mass is 10.1. The third kappa shape index (κ3) is 5.21. The first-order valence-corrected chi connectivity index (χ1v) is 11.1. The van der Waals surface area contributed by atoms with Crippen molar-refractivity contribution in [3.63, 3.8) is 0 Å². The van der Waals surface area contributed by atoms with E-state index < -0.39 is 36.0 Å². The molecule has 0 unspecified atom stereocenters. The Morgan fingerprint density at radius 3 is 2.27 bits per heavy atom. The molecule has 5 nitrogen and oxygen atoms in total. The molecule has 0 aliphatic carbocycles. The molecule has 0 atom stereocenters. The zero-order valence-corrected chi connectivity index (χ0v) is 19.0. The quantitative estimate of drug-likeness (QED) is 0.289. The van der Waals surface area contributed by atoms with Crippen molar-refractivity contribution in [3.05, 3.63) is 44.0 Å². The smallest absolute Gasteiger partial charge is 0.305 e. The molecule has 2 rings (SSSR count). The van der Waals surface area contributed by atoms with Crippen LogP contribution in [0.4, 0.5) is 17.6 Å². The lowest BCUT2D eigenvalue weighted by Gasteiger charge is -2.16. The van der Waals surface area contributed by atoms with E-state index in [4.69, 9.17) is 43.9 Å². The summed E-state index contributed by atoms with van der Waals surface area (Å²) in [5, 5.41) is 2.77. The second-order valence-electron chi connectivity index (χ2n) is 5.79. The first-order valence-electron chi connectivity index (χ1n) is 8.41. The molecule has 0 spiro atoms. The normalized spacial score (nSPS) is 13.2. The summed E-state index contributed by atoms with van der Waals surface area (Å²) in [5.74, 6) is -0.959. The van der Waals surface area contributed by atoms with E-state index in [1.54, 1.807) is 13.8 Å². The number of aryl methyl sites for hydroxylation is 1. The zero-order valence-electron chi connectivity index (χ0n) is 15.9. The second kappa shape index (κ2) is 9.59. The molecule has 1 aromatic carbocycles. The van der Waals surface area contributed by atoms with E-state index >= 15 is 0 Å². The maximum absolute atomic E-state index is 14.5. The van der Waals surface area contributed by atoms with Crippen LogP contribution in [0.2, 0.25) is 10.0 Å². The van der Waals surface area contributed by atoms with Crippen LogP contribution in [0.25, 0.3) is 17.3 Å². The van der Waals surface area contributed by atoms with Gasteiger partial charge in [-0.25, -0.2) is 4.39 Å². The minimum atomic E-state index is -4.80. The highest BCUT2D eigenvalue weighted by Gasteiger charge is 2.39. The van der Waals surface area contributed by atoms with Crippen LogP contribution in [0, 0.1) is 5.82 Å². The Morgan fingerprint density at radius 2 is 1.80 bits per heavy atom. The van der Waals surface area contributed by atoms with Gasteiger partial charge in [-0.15, -0.1) is 0 Å². The summed E-state index contributed by atoms with van der Waals surface area (Å²) in [7, 11) is -2.82. The highest BCUT2D eigenvalue weighted by molar-refractivity contribution is 7.61. The van der Waals surface area contributed by atoms with E-state index in [-0.39, 0.29) is 34.1 Å². The summed E-state index contributed by atoms with van der Waals surface area (Å²) >= 11 is 18.0. The van der Waals surface area contributed by atoms with Crippen LogP contribution in [0.15, 0.2) is 16.9 Å². The molecule has 0 saturated heterocycles. The molecule has 0 fully saturated rings. The monoisotopic (exact) mass is 508 g/mol. The van der Waals surface area contributed by atoms with Gasteiger partial charge in [-0.2, -0.15) is 18.3 Å². The number of halogens is 7. The Bertz CT molecular complexity index is 1010. The zero-order chi connectivity index (χ0) is 22.9. The van der Waals surface area contributed by atoms with E-state index in [2.05, 4.69) is 5.10 Å². The topological polar surface area (TPSA) is 53.4 Å².